The average Bonchev–Trinajstić information content (AvgIpc) is 3.47. The number of hydrogen-bond donors (Lipinski definition) is 3. The van der Waals surface area contributed by atoms with Gasteiger partial charge < -0.3 is 39.0 Å². The number of ether oxygens (including phenoxy) is 5. The first kappa shape index (κ1) is 71.9. The van der Waals surface area contributed by atoms with Crippen LogP contribution in [-0.4, -0.2) is 89.2 Å². The van der Waals surface area contributed by atoms with E-state index in [-0.39, 0.29) is 25.9 Å². The second-order valence-corrected chi connectivity index (χ2v) is 19.9. The van der Waals surface area contributed by atoms with Gasteiger partial charge in [-0.05, 0) is 122 Å². The van der Waals surface area contributed by atoms with E-state index in [0.29, 0.717) is 25.7 Å². The van der Waals surface area contributed by atoms with Gasteiger partial charge in [0, 0.05) is 19.3 Å². The Morgan fingerprint density at radius 2 is 0.823 bits per heavy atom. The van der Waals surface area contributed by atoms with Crippen LogP contribution >= 0.6 is 0 Å². The molecule has 0 bridgehead atoms. The molecule has 0 saturated carbocycles. The van der Waals surface area contributed by atoms with Crippen LogP contribution in [0.1, 0.15) is 213 Å². The lowest BCUT2D eigenvalue weighted by Gasteiger charge is -2.40. The van der Waals surface area contributed by atoms with E-state index in [1.54, 1.807) is 0 Å². The van der Waals surface area contributed by atoms with Crippen LogP contribution in [0.2, 0.25) is 0 Å². The molecule has 12 nitrogen and oxygen atoms in total. The highest BCUT2D eigenvalue weighted by molar-refractivity contribution is 5.74. The van der Waals surface area contributed by atoms with E-state index in [1.807, 2.05) is 12.2 Å². The molecule has 1 fully saturated rings. The van der Waals surface area contributed by atoms with Gasteiger partial charge in [0.25, 0.3) is 0 Å². The molecule has 444 valence electrons. The summed E-state index contributed by atoms with van der Waals surface area (Å²) in [6.07, 6.45) is 62.9. The van der Waals surface area contributed by atoms with Crippen molar-refractivity contribution in [3.05, 3.63) is 134 Å². The first-order valence-electron chi connectivity index (χ1n) is 30.2. The summed E-state index contributed by atoms with van der Waals surface area (Å²) < 4.78 is 28.3. The number of carbonyl (C=O) groups excluding carboxylic acids is 3. The van der Waals surface area contributed by atoms with E-state index in [1.165, 1.54) is 19.3 Å². The fraction of sp³-hybridized carbons (Fsp3) is 0.612. The van der Waals surface area contributed by atoms with Crippen molar-refractivity contribution in [2.45, 2.75) is 250 Å². The number of rotatable bonds is 49. The maximum absolute atomic E-state index is 13.1. The monoisotopic (exact) mass is 1100 g/mol. The summed E-state index contributed by atoms with van der Waals surface area (Å²) in [5, 5.41) is 31.5. The van der Waals surface area contributed by atoms with Crippen LogP contribution in [0.4, 0.5) is 0 Å². The SMILES string of the molecule is CC/C=C\C/C=C\C/C=C\C/C=C\C/C=C\C/C=C\CCC(=O)OCC(COC1OC(C(=O)O)C(O)C(O)C1OC(=O)CCCCCCCCC/C=C\C/C=C\CCCCC)OC(=O)CCCCC/C=C\C/C=C\C/C=C\CC. The van der Waals surface area contributed by atoms with Gasteiger partial charge in [0.05, 0.1) is 6.61 Å². The summed E-state index contributed by atoms with van der Waals surface area (Å²) in [7, 11) is 0. The first-order valence-corrected chi connectivity index (χ1v) is 30.2. The number of aliphatic carboxylic acids is 1. The predicted molar refractivity (Wildman–Crippen MR) is 321 cm³/mol. The van der Waals surface area contributed by atoms with E-state index in [4.69, 9.17) is 23.7 Å². The minimum atomic E-state index is -1.93. The molecule has 1 saturated heterocycles. The number of carboxylic acid groups (broad SMARTS) is 1. The fourth-order valence-electron chi connectivity index (χ4n) is 8.14. The summed E-state index contributed by atoms with van der Waals surface area (Å²) in [5.41, 5.74) is 0. The molecule has 0 amide bonds. The molecule has 1 heterocycles. The molecule has 79 heavy (non-hydrogen) atoms. The van der Waals surface area contributed by atoms with Crippen molar-refractivity contribution in [3.8, 4) is 0 Å². The second-order valence-electron chi connectivity index (χ2n) is 19.9. The van der Waals surface area contributed by atoms with Crippen LogP contribution in [-0.2, 0) is 42.9 Å². The molecule has 0 aromatic rings. The summed E-state index contributed by atoms with van der Waals surface area (Å²) in [5.74, 6) is -3.30. The van der Waals surface area contributed by atoms with Crippen LogP contribution in [0.3, 0.4) is 0 Å². The van der Waals surface area contributed by atoms with Crippen LogP contribution in [0, 0.1) is 0 Å². The van der Waals surface area contributed by atoms with Crippen molar-refractivity contribution in [2.24, 2.45) is 0 Å². The van der Waals surface area contributed by atoms with Crippen molar-refractivity contribution in [3.63, 3.8) is 0 Å². The molecule has 12 heteroatoms. The molecule has 0 aliphatic carbocycles. The number of aliphatic hydroxyl groups excluding tert-OH is 2. The first-order chi connectivity index (χ1) is 38.6. The van der Waals surface area contributed by atoms with Crippen molar-refractivity contribution in [1.29, 1.82) is 0 Å². The summed E-state index contributed by atoms with van der Waals surface area (Å²) >= 11 is 0. The zero-order valence-corrected chi connectivity index (χ0v) is 48.8. The molecule has 0 spiro atoms. The third kappa shape index (κ3) is 43.4. The van der Waals surface area contributed by atoms with E-state index in [9.17, 15) is 34.5 Å². The van der Waals surface area contributed by atoms with Gasteiger partial charge in [-0.25, -0.2) is 4.79 Å². The lowest BCUT2D eigenvalue weighted by Crippen LogP contribution is -2.61. The van der Waals surface area contributed by atoms with Crippen molar-refractivity contribution >= 4 is 23.9 Å². The Morgan fingerprint density at radius 3 is 1.28 bits per heavy atom. The van der Waals surface area contributed by atoms with Gasteiger partial charge in [0.2, 0.25) is 0 Å². The molecule has 0 aromatic heterocycles. The largest absolute Gasteiger partial charge is 0.479 e. The smallest absolute Gasteiger partial charge is 0.335 e. The normalized spacial score (nSPS) is 18.8. The third-order valence-electron chi connectivity index (χ3n) is 12.7. The molecule has 6 atom stereocenters. The van der Waals surface area contributed by atoms with Crippen LogP contribution in [0.25, 0.3) is 0 Å². The summed E-state index contributed by atoms with van der Waals surface area (Å²) in [6.45, 7) is 5.63. The zero-order valence-electron chi connectivity index (χ0n) is 48.8. The Hall–Kier alpha value is -5.14. The van der Waals surface area contributed by atoms with Gasteiger partial charge >= 0.3 is 23.9 Å². The molecule has 0 aromatic carbocycles. The van der Waals surface area contributed by atoms with Gasteiger partial charge in [-0.15, -0.1) is 0 Å². The maximum Gasteiger partial charge on any atom is 0.335 e. The number of carboxylic acids is 1. The predicted octanol–water partition coefficient (Wildman–Crippen LogP) is 15.8. The highest BCUT2D eigenvalue weighted by atomic mass is 16.7. The Labute approximate surface area is 477 Å². The molecule has 1 aliphatic rings. The van der Waals surface area contributed by atoms with Crippen LogP contribution < -0.4 is 0 Å². The molecule has 1 aliphatic heterocycles. The molecule has 1 rings (SSSR count). The van der Waals surface area contributed by atoms with Crippen LogP contribution in [0.5, 0.6) is 0 Å². The Kier molecular flexibility index (Phi) is 48.7. The van der Waals surface area contributed by atoms with Crippen molar-refractivity contribution in [1.82, 2.24) is 0 Å². The van der Waals surface area contributed by atoms with Gasteiger partial charge in [-0.2, -0.15) is 0 Å². The van der Waals surface area contributed by atoms with Crippen molar-refractivity contribution < 1.29 is 58.2 Å². The molecule has 3 N–H and O–H groups in total. The van der Waals surface area contributed by atoms with E-state index < -0.39 is 67.3 Å². The second kappa shape index (κ2) is 53.5. The standard InChI is InChI=1S/C67H104O12/c1-4-7-10-13-16-19-22-25-27-29-30-32-33-36-38-41-44-47-50-53-59(68)75-56-58(77-60(69)54-51-48-45-42-39-35-24-21-18-15-12-9-6-3)57-76-67-65(63(72)62(71)64(79-67)66(73)74)78-61(70)55-52-49-46-43-40-37-34-31-28-26-23-20-17-14-11-8-5-2/h7,9-10,12,16-21,25-28,30,32,35-36,38-39,44,47,58,62-65,67,71-72H,4-6,8,11,13-15,22-24,29,31,33-34,37,40-43,45-46,48-57H2,1-3H3,(H,73,74)/b10-7-,12-9-,19-16-,20-17-,21-18-,27-25-,28-26-,32-30-,38-36-,39-35-,47-44-. The molecule has 0 radical (unpaired) electrons. The fourth-order valence-corrected chi connectivity index (χ4v) is 8.14. The van der Waals surface area contributed by atoms with Gasteiger partial charge in [-0.1, -0.05) is 206 Å². The van der Waals surface area contributed by atoms with Crippen LogP contribution in [0.15, 0.2) is 134 Å². The third-order valence-corrected chi connectivity index (χ3v) is 12.7. The summed E-state index contributed by atoms with van der Waals surface area (Å²) in [6, 6.07) is 0. The minimum Gasteiger partial charge on any atom is -0.479 e. The number of hydrogen-bond acceptors (Lipinski definition) is 11. The Bertz CT molecular complexity index is 1880. The van der Waals surface area contributed by atoms with Gasteiger partial charge in [-0.3, -0.25) is 14.4 Å². The van der Waals surface area contributed by atoms with E-state index >= 15 is 0 Å². The Morgan fingerprint density at radius 1 is 0.430 bits per heavy atom. The highest BCUT2D eigenvalue weighted by Crippen LogP contribution is 2.26. The molecular weight excluding hydrogens is 997 g/mol. The van der Waals surface area contributed by atoms with Gasteiger partial charge in [0.1, 0.15) is 18.8 Å². The maximum atomic E-state index is 13.1. The number of esters is 3. The number of aliphatic hydroxyl groups is 2. The average molecular weight is 1100 g/mol. The minimum absolute atomic E-state index is 0.0336. The zero-order chi connectivity index (χ0) is 57.5. The molecular formula is C67H104O12. The Balaban J connectivity index is 2.75. The highest BCUT2D eigenvalue weighted by Gasteiger charge is 2.50. The number of allylic oxidation sites excluding steroid dienone is 22. The van der Waals surface area contributed by atoms with E-state index in [2.05, 4.69) is 142 Å². The van der Waals surface area contributed by atoms with Gasteiger partial charge in [0.15, 0.2) is 24.6 Å². The lowest BCUT2D eigenvalue weighted by molar-refractivity contribution is -0.301. The quantitative estimate of drug-likeness (QED) is 0.0228. The van der Waals surface area contributed by atoms with Crippen molar-refractivity contribution in [2.75, 3.05) is 13.2 Å². The number of carbonyl (C=O) groups is 4. The topological polar surface area (TPSA) is 175 Å². The molecule has 6 unspecified atom stereocenters. The lowest BCUT2D eigenvalue weighted by atomic mass is 9.98. The summed E-state index contributed by atoms with van der Waals surface area (Å²) in [4.78, 5) is 51.1. The van der Waals surface area contributed by atoms with E-state index in [0.717, 1.165) is 128 Å². The number of unbranched alkanes of at least 4 members (excludes halogenated alkanes) is 13.